The zero-order valence-electron chi connectivity index (χ0n) is 14.9. The lowest BCUT2D eigenvalue weighted by Crippen LogP contribution is -2.44. The number of hydrogen-bond acceptors (Lipinski definition) is 3. The molecule has 5 nitrogen and oxygen atoms in total. The fourth-order valence-electron chi connectivity index (χ4n) is 2.60. The Balaban J connectivity index is 2.15. The van der Waals surface area contributed by atoms with Crippen LogP contribution in [0.5, 0.6) is 0 Å². The SMILES string of the molecule is C#C[C@@](C)(CC)NC(=O)c1cnn2c(C(F)F)cc(-c3ccccc3)nc12. The maximum absolute atomic E-state index is 13.6. The van der Waals surface area contributed by atoms with Gasteiger partial charge in [0.15, 0.2) is 5.65 Å². The maximum atomic E-state index is 13.6. The predicted octanol–water partition coefficient (Wildman–Crippen LogP) is 3.87. The first-order chi connectivity index (χ1) is 12.9. The average Bonchev–Trinajstić information content (AvgIpc) is 3.11. The molecule has 1 N–H and O–H groups in total. The van der Waals surface area contributed by atoms with E-state index in [0.717, 1.165) is 4.52 Å². The molecule has 0 spiro atoms. The molecule has 0 fully saturated rings. The number of rotatable bonds is 5. The summed E-state index contributed by atoms with van der Waals surface area (Å²) in [5.74, 6) is 2.03. The number of aromatic nitrogens is 3. The predicted molar refractivity (Wildman–Crippen MR) is 98.4 cm³/mol. The van der Waals surface area contributed by atoms with Crippen LogP contribution in [0, 0.1) is 12.3 Å². The second-order valence-electron chi connectivity index (χ2n) is 6.31. The minimum Gasteiger partial charge on any atom is -0.336 e. The first-order valence-electron chi connectivity index (χ1n) is 8.41. The molecule has 3 rings (SSSR count). The van der Waals surface area contributed by atoms with Crippen LogP contribution in [0.25, 0.3) is 16.9 Å². The molecule has 0 aliphatic carbocycles. The molecule has 2 aromatic heterocycles. The van der Waals surface area contributed by atoms with Crippen LogP contribution < -0.4 is 5.32 Å². The highest BCUT2D eigenvalue weighted by molar-refractivity contribution is 6.00. The van der Waals surface area contributed by atoms with Gasteiger partial charge in [0.2, 0.25) is 0 Å². The summed E-state index contributed by atoms with van der Waals surface area (Å²) in [5, 5.41) is 6.68. The van der Waals surface area contributed by atoms with E-state index >= 15 is 0 Å². The molecule has 0 bridgehead atoms. The van der Waals surface area contributed by atoms with Crippen molar-refractivity contribution in [1.82, 2.24) is 19.9 Å². The highest BCUT2D eigenvalue weighted by Gasteiger charge is 2.26. The number of terminal acetylenes is 1. The summed E-state index contributed by atoms with van der Waals surface area (Å²) >= 11 is 0. The van der Waals surface area contributed by atoms with Crippen LogP contribution >= 0.6 is 0 Å². The number of nitrogens with zero attached hydrogens (tertiary/aromatic N) is 3. The molecule has 1 aromatic carbocycles. The Morgan fingerprint density at radius 3 is 2.67 bits per heavy atom. The van der Waals surface area contributed by atoms with Gasteiger partial charge in [0, 0.05) is 5.56 Å². The maximum Gasteiger partial charge on any atom is 0.280 e. The highest BCUT2D eigenvalue weighted by atomic mass is 19.3. The fraction of sp³-hybridized carbons (Fsp3) is 0.250. The van der Waals surface area contributed by atoms with Crippen LogP contribution in [0.1, 0.15) is 42.7 Å². The lowest BCUT2D eigenvalue weighted by molar-refractivity contribution is 0.0925. The summed E-state index contributed by atoms with van der Waals surface area (Å²) in [6.07, 6.45) is 4.46. The first kappa shape index (κ1) is 18.5. The van der Waals surface area contributed by atoms with Crippen molar-refractivity contribution in [3.63, 3.8) is 0 Å². The third-order valence-corrected chi connectivity index (χ3v) is 4.45. The molecule has 0 radical (unpaired) electrons. The van der Waals surface area contributed by atoms with Crippen LogP contribution in [0.2, 0.25) is 0 Å². The summed E-state index contributed by atoms with van der Waals surface area (Å²) < 4.78 is 28.1. The highest BCUT2D eigenvalue weighted by Crippen LogP contribution is 2.26. The van der Waals surface area contributed by atoms with Crippen molar-refractivity contribution in [3.05, 3.63) is 53.9 Å². The Hall–Kier alpha value is -3.27. The van der Waals surface area contributed by atoms with Gasteiger partial charge >= 0.3 is 0 Å². The van der Waals surface area contributed by atoms with Crippen LogP contribution in [0.3, 0.4) is 0 Å². The zero-order chi connectivity index (χ0) is 19.6. The number of fused-ring (bicyclic) bond motifs is 1. The summed E-state index contributed by atoms with van der Waals surface area (Å²) in [6.45, 7) is 3.56. The minimum absolute atomic E-state index is 0.0552. The zero-order valence-corrected chi connectivity index (χ0v) is 14.9. The Labute approximate surface area is 155 Å². The minimum atomic E-state index is -2.78. The molecule has 0 saturated carbocycles. The first-order valence-corrected chi connectivity index (χ1v) is 8.41. The van der Waals surface area contributed by atoms with Gasteiger partial charge < -0.3 is 5.32 Å². The monoisotopic (exact) mass is 368 g/mol. The number of amides is 1. The van der Waals surface area contributed by atoms with Gasteiger partial charge in [-0.3, -0.25) is 4.79 Å². The molecule has 3 aromatic rings. The van der Waals surface area contributed by atoms with Gasteiger partial charge in [-0.25, -0.2) is 18.3 Å². The molecule has 138 valence electrons. The van der Waals surface area contributed by atoms with E-state index in [4.69, 9.17) is 6.42 Å². The van der Waals surface area contributed by atoms with Crippen molar-refractivity contribution in [1.29, 1.82) is 0 Å². The summed E-state index contributed by atoms with van der Waals surface area (Å²) in [4.78, 5) is 17.1. The number of halogens is 2. The smallest absolute Gasteiger partial charge is 0.280 e. The Morgan fingerprint density at radius 1 is 1.37 bits per heavy atom. The van der Waals surface area contributed by atoms with E-state index in [1.54, 1.807) is 31.2 Å². The quantitative estimate of drug-likeness (QED) is 0.696. The van der Waals surface area contributed by atoms with Gasteiger partial charge in [-0.15, -0.1) is 6.42 Å². The molecule has 0 unspecified atom stereocenters. The van der Waals surface area contributed by atoms with Gasteiger partial charge in [0.05, 0.1) is 17.4 Å². The molecule has 2 heterocycles. The Kier molecular flexibility index (Phi) is 4.91. The molecule has 0 saturated heterocycles. The number of alkyl halides is 2. The third-order valence-electron chi connectivity index (χ3n) is 4.45. The van der Waals surface area contributed by atoms with E-state index in [-0.39, 0.29) is 16.9 Å². The van der Waals surface area contributed by atoms with Crippen molar-refractivity contribution >= 4 is 11.6 Å². The molecule has 0 aliphatic heterocycles. The van der Waals surface area contributed by atoms with Crippen LogP contribution in [0.15, 0.2) is 42.6 Å². The number of nitrogens with one attached hydrogen (secondary N) is 1. The van der Waals surface area contributed by atoms with Crippen molar-refractivity contribution in [2.75, 3.05) is 0 Å². The second kappa shape index (κ2) is 7.16. The molecule has 27 heavy (non-hydrogen) atoms. The summed E-state index contributed by atoms with van der Waals surface area (Å²) in [5.41, 5.74) is -0.0505. The van der Waals surface area contributed by atoms with E-state index in [9.17, 15) is 13.6 Å². The third kappa shape index (κ3) is 3.51. The van der Waals surface area contributed by atoms with Crippen LogP contribution in [-0.2, 0) is 0 Å². The number of benzene rings is 1. The molecular weight excluding hydrogens is 350 g/mol. The lowest BCUT2D eigenvalue weighted by atomic mass is 10.00. The molecule has 0 aliphatic rings. The van der Waals surface area contributed by atoms with E-state index in [1.807, 2.05) is 13.0 Å². The van der Waals surface area contributed by atoms with Crippen LogP contribution in [0.4, 0.5) is 8.78 Å². The van der Waals surface area contributed by atoms with E-state index in [1.165, 1.54) is 12.3 Å². The Morgan fingerprint density at radius 2 is 2.07 bits per heavy atom. The van der Waals surface area contributed by atoms with E-state index in [2.05, 4.69) is 21.3 Å². The molecule has 1 amide bonds. The topological polar surface area (TPSA) is 59.3 Å². The van der Waals surface area contributed by atoms with Crippen molar-refractivity contribution in [3.8, 4) is 23.6 Å². The fourth-order valence-corrected chi connectivity index (χ4v) is 2.60. The molecule has 1 atom stereocenters. The number of carbonyl (C=O) groups is 1. The van der Waals surface area contributed by atoms with E-state index in [0.29, 0.717) is 17.7 Å². The molecular formula is C20H18F2N4O. The molecule has 7 heteroatoms. The number of hydrogen-bond donors (Lipinski definition) is 1. The van der Waals surface area contributed by atoms with E-state index < -0.39 is 17.9 Å². The lowest BCUT2D eigenvalue weighted by Gasteiger charge is -2.22. The van der Waals surface area contributed by atoms with Crippen molar-refractivity contribution in [2.24, 2.45) is 0 Å². The van der Waals surface area contributed by atoms with Gasteiger partial charge in [-0.2, -0.15) is 5.10 Å². The van der Waals surface area contributed by atoms with Gasteiger partial charge in [0.1, 0.15) is 11.3 Å². The van der Waals surface area contributed by atoms with Gasteiger partial charge in [-0.05, 0) is 19.4 Å². The second-order valence-corrected chi connectivity index (χ2v) is 6.31. The van der Waals surface area contributed by atoms with Crippen LogP contribution in [-0.4, -0.2) is 26.0 Å². The summed E-state index contributed by atoms with van der Waals surface area (Å²) in [6, 6.07) is 10.2. The van der Waals surface area contributed by atoms with Crippen molar-refractivity contribution < 1.29 is 13.6 Å². The van der Waals surface area contributed by atoms with Crippen molar-refractivity contribution in [2.45, 2.75) is 32.2 Å². The standard InChI is InChI=1S/C20H18F2N4O/c1-4-20(3,5-2)25-19(27)14-12-23-26-16(17(21)22)11-15(24-18(14)26)13-9-7-6-8-10-13/h1,6-12,17H,5H2,2-3H3,(H,25,27)/t20-/m0/s1. The normalized spacial score (nSPS) is 13.3. The number of carbonyl (C=O) groups excluding carboxylic acids is 1. The summed E-state index contributed by atoms with van der Waals surface area (Å²) in [7, 11) is 0. The van der Waals surface area contributed by atoms with Gasteiger partial charge in [0.25, 0.3) is 12.3 Å². The average molecular weight is 368 g/mol. The van der Waals surface area contributed by atoms with Gasteiger partial charge in [-0.1, -0.05) is 43.2 Å². The Bertz CT molecular complexity index is 1020. The largest absolute Gasteiger partial charge is 0.336 e.